The van der Waals surface area contributed by atoms with Gasteiger partial charge in [-0.05, 0) is 13.3 Å². The lowest BCUT2D eigenvalue weighted by Crippen LogP contribution is -2.39. The van der Waals surface area contributed by atoms with Crippen LogP contribution in [0.2, 0.25) is 0 Å². The van der Waals surface area contributed by atoms with Gasteiger partial charge in [0.05, 0.1) is 6.54 Å². The Labute approximate surface area is 98.9 Å². The Balaban J connectivity index is 2.80. The van der Waals surface area contributed by atoms with Crippen LogP contribution in [-0.4, -0.2) is 40.1 Å². The highest BCUT2D eigenvalue weighted by atomic mass is 16.5. The second kappa shape index (κ2) is 5.88. The van der Waals surface area contributed by atoms with Gasteiger partial charge in [0.1, 0.15) is 5.76 Å². The first-order chi connectivity index (χ1) is 8.08. The lowest BCUT2D eigenvalue weighted by atomic mass is 10.3. The minimum Gasteiger partial charge on any atom is -0.409 e. The second-order valence-corrected chi connectivity index (χ2v) is 3.64. The Morgan fingerprint density at radius 3 is 2.88 bits per heavy atom. The van der Waals surface area contributed by atoms with Gasteiger partial charge in [0.2, 0.25) is 0 Å². The number of aryl methyl sites for hydroxylation is 1. The van der Waals surface area contributed by atoms with E-state index >= 15 is 0 Å². The van der Waals surface area contributed by atoms with Crippen LogP contribution in [-0.2, 0) is 0 Å². The number of carbonyl (C=O) groups excluding carboxylic acids is 1. The van der Waals surface area contributed by atoms with E-state index in [0.717, 1.165) is 6.42 Å². The van der Waals surface area contributed by atoms with Gasteiger partial charge >= 0.3 is 0 Å². The number of hydrogen-bond donors (Lipinski definition) is 2. The van der Waals surface area contributed by atoms with Crippen LogP contribution in [0.4, 0.5) is 0 Å². The van der Waals surface area contributed by atoms with Crippen molar-refractivity contribution in [3.63, 3.8) is 0 Å². The maximum atomic E-state index is 12.0. The summed E-state index contributed by atoms with van der Waals surface area (Å²) in [6, 6.07) is 1.55. The quantitative estimate of drug-likeness (QED) is 0.339. The number of nitrogens with two attached hydrogens (primary N) is 1. The van der Waals surface area contributed by atoms with Crippen LogP contribution in [0.1, 0.15) is 29.6 Å². The average Bonchev–Trinajstić information content (AvgIpc) is 2.74. The van der Waals surface area contributed by atoms with Crippen LogP contribution >= 0.6 is 0 Å². The molecule has 0 saturated carbocycles. The summed E-state index contributed by atoms with van der Waals surface area (Å²) in [6.45, 7) is 4.20. The molecule has 0 radical (unpaired) electrons. The van der Waals surface area contributed by atoms with E-state index in [1.54, 1.807) is 13.0 Å². The lowest BCUT2D eigenvalue weighted by molar-refractivity contribution is 0.0768. The smallest absolute Gasteiger partial charge is 0.276 e. The number of oxime groups is 1. The predicted octanol–water partition coefficient (Wildman–Crippen LogP) is 0.582. The molecule has 94 valence electrons. The minimum atomic E-state index is -0.296. The van der Waals surface area contributed by atoms with E-state index in [-0.39, 0.29) is 24.0 Å². The van der Waals surface area contributed by atoms with Crippen LogP contribution in [0.15, 0.2) is 15.7 Å². The Kier molecular flexibility index (Phi) is 4.50. The van der Waals surface area contributed by atoms with Gasteiger partial charge in [-0.15, -0.1) is 0 Å². The van der Waals surface area contributed by atoms with Crippen molar-refractivity contribution in [2.75, 3.05) is 13.1 Å². The van der Waals surface area contributed by atoms with E-state index < -0.39 is 0 Å². The van der Waals surface area contributed by atoms with Crippen molar-refractivity contribution in [3.8, 4) is 0 Å². The molecule has 0 aliphatic carbocycles. The third kappa shape index (κ3) is 3.47. The first kappa shape index (κ1) is 13.0. The summed E-state index contributed by atoms with van der Waals surface area (Å²) in [5.41, 5.74) is 5.61. The maximum Gasteiger partial charge on any atom is 0.276 e. The molecular formula is C10H16N4O3. The number of amides is 1. The molecule has 0 saturated heterocycles. The summed E-state index contributed by atoms with van der Waals surface area (Å²) in [7, 11) is 0. The summed E-state index contributed by atoms with van der Waals surface area (Å²) in [4.78, 5) is 13.5. The fraction of sp³-hybridized carbons (Fsp3) is 0.500. The molecule has 1 aromatic heterocycles. The SMILES string of the molecule is CCCN(CC(N)=NO)C(=O)c1cc(C)on1. The largest absolute Gasteiger partial charge is 0.409 e. The molecule has 7 nitrogen and oxygen atoms in total. The summed E-state index contributed by atoms with van der Waals surface area (Å²) < 4.78 is 4.84. The van der Waals surface area contributed by atoms with E-state index in [1.807, 2.05) is 6.92 Å². The first-order valence-electron chi connectivity index (χ1n) is 5.27. The van der Waals surface area contributed by atoms with Crippen LogP contribution in [0.5, 0.6) is 0 Å². The summed E-state index contributed by atoms with van der Waals surface area (Å²) in [5.74, 6) is 0.246. The summed E-state index contributed by atoms with van der Waals surface area (Å²) in [5, 5.41) is 15.0. The molecule has 0 spiro atoms. The third-order valence-corrected chi connectivity index (χ3v) is 2.11. The second-order valence-electron chi connectivity index (χ2n) is 3.64. The van der Waals surface area contributed by atoms with Crippen molar-refractivity contribution in [2.24, 2.45) is 10.9 Å². The van der Waals surface area contributed by atoms with Crippen molar-refractivity contribution in [1.29, 1.82) is 0 Å². The van der Waals surface area contributed by atoms with E-state index in [2.05, 4.69) is 10.3 Å². The molecule has 0 aliphatic rings. The van der Waals surface area contributed by atoms with Gasteiger partial charge in [0.15, 0.2) is 11.5 Å². The topological polar surface area (TPSA) is 105 Å². The molecule has 0 bridgehead atoms. The molecule has 1 amide bonds. The Morgan fingerprint density at radius 1 is 1.71 bits per heavy atom. The number of rotatable bonds is 5. The standard InChI is InChI=1S/C10H16N4O3/c1-3-4-14(6-9(11)12-16)10(15)8-5-7(2)17-13-8/h5,16H,3-4,6H2,1-2H3,(H2,11,12). The van der Waals surface area contributed by atoms with E-state index in [1.165, 1.54) is 4.90 Å². The predicted molar refractivity (Wildman–Crippen MR) is 60.8 cm³/mol. The van der Waals surface area contributed by atoms with Gasteiger partial charge in [0, 0.05) is 12.6 Å². The molecule has 3 N–H and O–H groups in total. The molecular weight excluding hydrogens is 224 g/mol. The van der Waals surface area contributed by atoms with E-state index in [0.29, 0.717) is 12.3 Å². The molecule has 17 heavy (non-hydrogen) atoms. The monoisotopic (exact) mass is 240 g/mol. The van der Waals surface area contributed by atoms with Crippen LogP contribution in [0.25, 0.3) is 0 Å². The fourth-order valence-corrected chi connectivity index (χ4v) is 1.38. The van der Waals surface area contributed by atoms with Gasteiger partial charge in [-0.2, -0.15) is 0 Å². The van der Waals surface area contributed by atoms with Crippen molar-refractivity contribution < 1.29 is 14.5 Å². The Morgan fingerprint density at radius 2 is 2.41 bits per heavy atom. The zero-order valence-corrected chi connectivity index (χ0v) is 9.88. The highest BCUT2D eigenvalue weighted by Crippen LogP contribution is 2.06. The van der Waals surface area contributed by atoms with Crippen molar-refractivity contribution in [2.45, 2.75) is 20.3 Å². The highest BCUT2D eigenvalue weighted by molar-refractivity contribution is 5.95. The molecule has 1 rings (SSSR count). The number of hydrogen-bond acceptors (Lipinski definition) is 5. The minimum absolute atomic E-state index is 0.0213. The molecule has 1 heterocycles. The third-order valence-electron chi connectivity index (χ3n) is 2.11. The molecule has 0 aromatic carbocycles. The van der Waals surface area contributed by atoms with Crippen molar-refractivity contribution in [1.82, 2.24) is 10.1 Å². The zero-order chi connectivity index (χ0) is 12.8. The van der Waals surface area contributed by atoms with Gasteiger partial charge < -0.3 is 20.4 Å². The van der Waals surface area contributed by atoms with E-state index in [9.17, 15) is 4.79 Å². The van der Waals surface area contributed by atoms with Gasteiger partial charge in [-0.3, -0.25) is 4.79 Å². The molecule has 0 aliphatic heterocycles. The molecule has 0 atom stereocenters. The van der Waals surface area contributed by atoms with Crippen LogP contribution in [0.3, 0.4) is 0 Å². The zero-order valence-electron chi connectivity index (χ0n) is 9.88. The number of nitrogens with zero attached hydrogens (tertiary/aromatic N) is 3. The Hall–Kier alpha value is -2.05. The molecule has 1 aromatic rings. The maximum absolute atomic E-state index is 12.0. The van der Waals surface area contributed by atoms with Crippen molar-refractivity contribution >= 4 is 11.7 Å². The van der Waals surface area contributed by atoms with E-state index in [4.69, 9.17) is 15.5 Å². The van der Waals surface area contributed by atoms with Gasteiger partial charge in [0.25, 0.3) is 5.91 Å². The summed E-state index contributed by atoms with van der Waals surface area (Å²) in [6.07, 6.45) is 0.765. The normalized spacial score (nSPS) is 11.5. The highest BCUT2D eigenvalue weighted by Gasteiger charge is 2.19. The van der Waals surface area contributed by atoms with Crippen LogP contribution < -0.4 is 5.73 Å². The molecule has 7 heteroatoms. The van der Waals surface area contributed by atoms with Crippen molar-refractivity contribution in [3.05, 3.63) is 17.5 Å². The Bertz CT molecular complexity index is 413. The average molecular weight is 240 g/mol. The molecule has 0 unspecified atom stereocenters. The van der Waals surface area contributed by atoms with Gasteiger partial charge in [-0.1, -0.05) is 17.2 Å². The number of carbonyl (C=O) groups is 1. The fourth-order valence-electron chi connectivity index (χ4n) is 1.38. The van der Waals surface area contributed by atoms with Gasteiger partial charge in [-0.25, -0.2) is 0 Å². The number of amidine groups is 1. The first-order valence-corrected chi connectivity index (χ1v) is 5.27. The lowest BCUT2D eigenvalue weighted by Gasteiger charge is -2.19. The number of aromatic nitrogens is 1. The van der Waals surface area contributed by atoms with Crippen LogP contribution in [0, 0.1) is 6.92 Å². The summed E-state index contributed by atoms with van der Waals surface area (Å²) >= 11 is 0. The molecule has 0 fully saturated rings.